The van der Waals surface area contributed by atoms with Crippen molar-refractivity contribution in [2.24, 2.45) is 0 Å². The zero-order chi connectivity index (χ0) is 20.5. The summed E-state index contributed by atoms with van der Waals surface area (Å²) < 4.78 is 18.3. The van der Waals surface area contributed by atoms with E-state index in [-0.39, 0.29) is 24.2 Å². The van der Waals surface area contributed by atoms with E-state index in [1.807, 2.05) is 0 Å². The summed E-state index contributed by atoms with van der Waals surface area (Å²) in [5.74, 6) is 0.0777. The molecule has 1 aromatic carbocycles. The summed E-state index contributed by atoms with van der Waals surface area (Å²) in [6, 6.07) is 5.61. The molecule has 158 valence electrons. The second kappa shape index (κ2) is 11.0. The summed E-state index contributed by atoms with van der Waals surface area (Å²) in [5, 5.41) is 3.00. The first kappa shape index (κ1) is 21.3. The van der Waals surface area contributed by atoms with E-state index in [1.54, 1.807) is 4.90 Å². The van der Waals surface area contributed by atoms with Gasteiger partial charge >= 0.3 is 0 Å². The summed E-state index contributed by atoms with van der Waals surface area (Å²) in [7, 11) is 0. The lowest BCUT2D eigenvalue weighted by Gasteiger charge is -2.34. The molecule has 0 radical (unpaired) electrons. The van der Waals surface area contributed by atoms with E-state index in [4.69, 9.17) is 4.74 Å². The van der Waals surface area contributed by atoms with Crippen LogP contribution >= 0.6 is 0 Å². The molecule has 7 heteroatoms. The summed E-state index contributed by atoms with van der Waals surface area (Å²) in [4.78, 5) is 28.2. The Balaban J connectivity index is 1.30. The molecule has 0 atom stereocenters. The average molecular weight is 403 g/mol. The lowest BCUT2D eigenvalue weighted by molar-refractivity contribution is -0.135. The minimum Gasteiger partial charge on any atom is -0.484 e. The normalized spacial score (nSPS) is 17.6. The van der Waals surface area contributed by atoms with Gasteiger partial charge in [-0.3, -0.25) is 14.5 Å². The molecule has 0 spiro atoms. The maximum atomic E-state index is 12.9. The van der Waals surface area contributed by atoms with Gasteiger partial charge in [-0.2, -0.15) is 0 Å². The van der Waals surface area contributed by atoms with Gasteiger partial charge in [0.25, 0.3) is 5.91 Å². The SMILES string of the molecule is O=C(CN1CCN(C(=O)COc2ccc(F)cc2)CC1)NCCC1=CCCCC1. The number of allylic oxidation sites excluding steroid dienone is 1. The van der Waals surface area contributed by atoms with Crippen molar-refractivity contribution in [3.8, 4) is 5.75 Å². The Bertz CT molecular complexity index is 713. The van der Waals surface area contributed by atoms with Crippen LogP contribution in [0.1, 0.15) is 32.1 Å². The molecule has 2 aliphatic rings. The van der Waals surface area contributed by atoms with Gasteiger partial charge in [0, 0.05) is 32.7 Å². The molecule has 3 rings (SSSR count). The predicted octanol–water partition coefficient (Wildman–Crippen LogP) is 2.36. The van der Waals surface area contributed by atoms with E-state index in [1.165, 1.54) is 49.1 Å². The largest absolute Gasteiger partial charge is 0.484 e. The molecule has 0 unspecified atom stereocenters. The van der Waals surface area contributed by atoms with Crippen molar-refractivity contribution in [2.45, 2.75) is 32.1 Å². The van der Waals surface area contributed by atoms with Crippen molar-refractivity contribution in [2.75, 3.05) is 45.9 Å². The summed E-state index contributed by atoms with van der Waals surface area (Å²) in [5.41, 5.74) is 1.46. The number of ether oxygens (including phenoxy) is 1. The number of piperazine rings is 1. The van der Waals surface area contributed by atoms with Crippen molar-refractivity contribution in [1.82, 2.24) is 15.1 Å². The Labute approximate surface area is 171 Å². The molecule has 0 bridgehead atoms. The standard InChI is InChI=1S/C22H30FN3O3/c23-19-6-8-20(9-7-19)29-17-22(28)26-14-12-25(13-15-26)16-21(27)24-11-10-18-4-2-1-3-5-18/h4,6-9H,1-3,5,10-17H2,(H,24,27). The smallest absolute Gasteiger partial charge is 0.260 e. The van der Waals surface area contributed by atoms with Crippen LogP contribution in [0, 0.1) is 5.82 Å². The van der Waals surface area contributed by atoms with Crippen LogP contribution in [0.4, 0.5) is 4.39 Å². The maximum absolute atomic E-state index is 12.9. The van der Waals surface area contributed by atoms with E-state index in [0.717, 1.165) is 12.8 Å². The molecule has 2 amide bonds. The predicted molar refractivity (Wildman–Crippen MR) is 109 cm³/mol. The molecule has 1 N–H and O–H groups in total. The number of carbonyl (C=O) groups excluding carboxylic acids is 2. The van der Waals surface area contributed by atoms with E-state index in [2.05, 4.69) is 16.3 Å². The quantitative estimate of drug-likeness (QED) is 0.677. The Hall–Kier alpha value is -2.41. The number of nitrogens with zero attached hydrogens (tertiary/aromatic N) is 2. The lowest BCUT2D eigenvalue weighted by Crippen LogP contribution is -2.52. The minimum atomic E-state index is -0.338. The Morgan fingerprint density at radius 3 is 2.52 bits per heavy atom. The number of carbonyl (C=O) groups is 2. The van der Waals surface area contributed by atoms with Crippen molar-refractivity contribution >= 4 is 11.8 Å². The minimum absolute atomic E-state index is 0.0424. The third kappa shape index (κ3) is 7.16. The lowest BCUT2D eigenvalue weighted by atomic mass is 9.97. The zero-order valence-electron chi connectivity index (χ0n) is 16.9. The number of hydrogen-bond acceptors (Lipinski definition) is 4. The maximum Gasteiger partial charge on any atom is 0.260 e. The first-order valence-electron chi connectivity index (χ1n) is 10.4. The van der Waals surface area contributed by atoms with Gasteiger partial charge in [-0.15, -0.1) is 0 Å². The highest BCUT2D eigenvalue weighted by atomic mass is 19.1. The number of benzene rings is 1. The molecular formula is C22H30FN3O3. The van der Waals surface area contributed by atoms with Gasteiger partial charge in [0.15, 0.2) is 6.61 Å². The first-order chi connectivity index (χ1) is 14.1. The van der Waals surface area contributed by atoms with Crippen molar-refractivity contribution < 1.29 is 18.7 Å². The molecule has 1 heterocycles. The van der Waals surface area contributed by atoms with Gasteiger partial charge in [0.05, 0.1) is 6.54 Å². The molecule has 1 fully saturated rings. The van der Waals surface area contributed by atoms with Gasteiger partial charge in [-0.1, -0.05) is 11.6 Å². The van der Waals surface area contributed by atoms with Crippen LogP contribution in [0.25, 0.3) is 0 Å². The van der Waals surface area contributed by atoms with Gasteiger partial charge in [0.1, 0.15) is 11.6 Å². The second-order valence-corrected chi connectivity index (χ2v) is 7.61. The van der Waals surface area contributed by atoms with Gasteiger partial charge in [-0.25, -0.2) is 4.39 Å². The van der Waals surface area contributed by atoms with E-state index in [9.17, 15) is 14.0 Å². The van der Waals surface area contributed by atoms with Crippen LogP contribution in [-0.2, 0) is 9.59 Å². The summed E-state index contributed by atoms with van der Waals surface area (Å²) in [6.45, 7) is 3.48. The Morgan fingerprint density at radius 1 is 1.07 bits per heavy atom. The van der Waals surface area contributed by atoms with Crippen LogP contribution in [-0.4, -0.2) is 67.5 Å². The molecular weight excluding hydrogens is 373 g/mol. The Morgan fingerprint density at radius 2 is 1.83 bits per heavy atom. The topological polar surface area (TPSA) is 61.9 Å². The number of nitrogens with one attached hydrogen (secondary N) is 1. The third-order valence-corrected chi connectivity index (χ3v) is 5.42. The average Bonchev–Trinajstić information content (AvgIpc) is 2.74. The monoisotopic (exact) mass is 403 g/mol. The molecule has 1 aliphatic carbocycles. The van der Waals surface area contributed by atoms with Gasteiger partial charge in [0.2, 0.25) is 5.91 Å². The molecule has 0 aromatic heterocycles. The number of hydrogen-bond donors (Lipinski definition) is 1. The number of rotatable bonds is 8. The van der Waals surface area contributed by atoms with Crippen LogP contribution in [0.3, 0.4) is 0 Å². The van der Waals surface area contributed by atoms with Crippen LogP contribution in [0.2, 0.25) is 0 Å². The highest BCUT2D eigenvalue weighted by Gasteiger charge is 2.22. The highest BCUT2D eigenvalue weighted by Crippen LogP contribution is 2.19. The molecule has 1 aromatic rings. The van der Waals surface area contributed by atoms with Crippen molar-refractivity contribution in [1.29, 1.82) is 0 Å². The van der Waals surface area contributed by atoms with Crippen LogP contribution < -0.4 is 10.1 Å². The number of amides is 2. The first-order valence-corrected chi connectivity index (χ1v) is 10.4. The zero-order valence-corrected chi connectivity index (χ0v) is 16.9. The molecule has 1 aliphatic heterocycles. The van der Waals surface area contributed by atoms with Gasteiger partial charge in [-0.05, 0) is 56.4 Å². The van der Waals surface area contributed by atoms with E-state index in [0.29, 0.717) is 45.0 Å². The molecule has 6 nitrogen and oxygen atoms in total. The van der Waals surface area contributed by atoms with Crippen LogP contribution in [0.5, 0.6) is 5.75 Å². The van der Waals surface area contributed by atoms with E-state index < -0.39 is 0 Å². The second-order valence-electron chi connectivity index (χ2n) is 7.61. The van der Waals surface area contributed by atoms with E-state index >= 15 is 0 Å². The Kier molecular flexibility index (Phi) is 8.04. The summed E-state index contributed by atoms with van der Waals surface area (Å²) in [6.07, 6.45) is 8.13. The fraction of sp³-hybridized carbons (Fsp3) is 0.545. The van der Waals surface area contributed by atoms with Crippen molar-refractivity contribution in [3.05, 3.63) is 41.7 Å². The highest BCUT2D eigenvalue weighted by molar-refractivity contribution is 5.79. The third-order valence-electron chi connectivity index (χ3n) is 5.42. The fourth-order valence-electron chi connectivity index (χ4n) is 3.68. The molecule has 1 saturated heterocycles. The van der Waals surface area contributed by atoms with Crippen LogP contribution in [0.15, 0.2) is 35.9 Å². The summed E-state index contributed by atoms with van der Waals surface area (Å²) >= 11 is 0. The van der Waals surface area contributed by atoms with Gasteiger partial charge < -0.3 is 15.0 Å². The number of halogens is 1. The van der Waals surface area contributed by atoms with Crippen molar-refractivity contribution in [3.63, 3.8) is 0 Å². The fourth-order valence-corrected chi connectivity index (χ4v) is 3.68. The molecule has 0 saturated carbocycles. The molecule has 29 heavy (non-hydrogen) atoms.